The van der Waals surface area contributed by atoms with E-state index in [0.29, 0.717) is 18.0 Å². The van der Waals surface area contributed by atoms with Crippen LogP contribution in [0.25, 0.3) is 22.2 Å². The summed E-state index contributed by atoms with van der Waals surface area (Å²) >= 11 is 0. The van der Waals surface area contributed by atoms with Crippen LogP contribution in [-0.2, 0) is 0 Å². The summed E-state index contributed by atoms with van der Waals surface area (Å²) in [6, 6.07) is 22.2. The number of quaternary nitrogens is 1. The molecule has 1 aliphatic carbocycles. The lowest BCUT2D eigenvalue weighted by Gasteiger charge is -2.46. The third kappa shape index (κ3) is 4.26. The molecule has 7 rings (SSSR count). The van der Waals surface area contributed by atoms with Crippen molar-refractivity contribution < 1.29 is 4.59 Å². The van der Waals surface area contributed by atoms with Crippen LogP contribution in [0.15, 0.2) is 94.4 Å². The molecule has 1 aromatic heterocycles. The Morgan fingerprint density at radius 2 is 1.72 bits per heavy atom. The fourth-order valence-electron chi connectivity index (χ4n) is 6.58. The highest BCUT2D eigenvalue weighted by atomic mass is 15.6. The normalized spacial score (nSPS) is 27.2. The minimum atomic E-state index is 0.0642. The van der Waals surface area contributed by atoms with Crippen molar-refractivity contribution in [3.8, 4) is 11.3 Å². The molecule has 7 heteroatoms. The number of fused-ring (bicyclic) bond motifs is 2. The molecular formula is C32H36N7+. The zero-order valence-corrected chi connectivity index (χ0v) is 22.7. The van der Waals surface area contributed by atoms with E-state index in [1.165, 1.54) is 25.9 Å². The molecule has 4 heterocycles. The Balaban J connectivity index is 1.17. The van der Waals surface area contributed by atoms with Gasteiger partial charge in [-0.05, 0) is 71.1 Å². The van der Waals surface area contributed by atoms with Crippen LogP contribution in [0.1, 0.15) is 31.2 Å². The number of likely N-dealkylation sites (tertiary alicyclic amines) is 1. The number of nitrogens with two attached hydrogens (primary N) is 1. The topological polar surface area (TPSA) is 70.1 Å². The Bertz CT molecular complexity index is 1520. The third-order valence-corrected chi connectivity index (χ3v) is 9.18. The molecule has 0 amide bonds. The lowest BCUT2D eigenvalue weighted by molar-refractivity contribution is -0.750. The van der Waals surface area contributed by atoms with Crippen LogP contribution in [-0.4, -0.2) is 70.7 Å². The van der Waals surface area contributed by atoms with Gasteiger partial charge < -0.3 is 9.80 Å². The van der Waals surface area contributed by atoms with Crippen molar-refractivity contribution in [2.24, 2.45) is 21.7 Å². The highest BCUT2D eigenvalue weighted by Crippen LogP contribution is 2.44. The second-order valence-electron chi connectivity index (χ2n) is 11.6. The van der Waals surface area contributed by atoms with Crippen LogP contribution in [0.5, 0.6) is 0 Å². The van der Waals surface area contributed by atoms with E-state index in [-0.39, 0.29) is 4.59 Å². The molecule has 39 heavy (non-hydrogen) atoms. The van der Waals surface area contributed by atoms with E-state index in [9.17, 15) is 0 Å². The molecule has 2 N–H and O–H groups in total. The van der Waals surface area contributed by atoms with E-state index in [0.717, 1.165) is 57.8 Å². The molecule has 3 aromatic rings. The lowest BCUT2D eigenvalue weighted by atomic mass is 9.76. The minimum absolute atomic E-state index is 0.0642. The number of amidine groups is 1. The number of aromatic nitrogens is 1. The molecule has 1 saturated heterocycles. The first-order valence-corrected chi connectivity index (χ1v) is 14.1. The summed E-state index contributed by atoms with van der Waals surface area (Å²) in [7, 11) is 4.54. The van der Waals surface area contributed by atoms with Gasteiger partial charge in [-0.1, -0.05) is 42.5 Å². The Hall–Kier alpha value is -3.49. The van der Waals surface area contributed by atoms with Gasteiger partial charge in [0.15, 0.2) is 0 Å². The van der Waals surface area contributed by atoms with Gasteiger partial charge in [-0.15, -0.1) is 4.59 Å². The van der Waals surface area contributed by atoms with Gasteiger partial charge in [-0.3, -0.25) is 4.99 Å². The Kier molecular flexibility index (Phi) is 6.05. The van der Waals surface area contributed by atoms with Crippen LogP contribution >= 0.6 is 0 Å². The van der Waals surface area contributed by atoms with E-state index in [2.05, 4.69) is 71.4 Å². The molecule has 0 radical (unpaired) electrons. The predicted octanol–water partition coefficient (Wildman–Crippen LogP) is 4.92. The molecule has 1 unspecified atom stereocenters. The van der Waals surface area contributed by atoms with Gasteiger partial charge in [0.2, 0.25) is 5.70 Å². The van der Waals surface area contributed by atoms with Gasteiger partial charge >= 0.3 is 0 Å². The summed E-state index contributed by atoms with van der Waals surface area (Å²) in [4.78, 5) is 19.8. The number of hydrogen-bond donors (Lipinski definition) is 1. The molecule has 7 nitrogen and oxygen atoms in total. The number of aliphatic imine (C=N–C) groups is 2. The van der Waals surface area contributed by atoms with Gasteiger partial charge in [-0.2, -0.15) is 10.8 Å². The summed E-state index contributed by atoms with van der Waals surface area (Å²) in [5, 5.41) is 1.10. The zero-order chi connectivity index (χ0) is 26.6. The number of benzene rings is 2. The van der Waals surface area contributed by atoms with E-state index < -0.39 is 0 Å². The molecule has 2 fully saturated rings. The van der Waals surface area contributed by atoms with Gasteiger partial charge in [0.1, 0.15) is 11.9 Å². The van der Waals surface area contributed by atoms with Crippen LogP contribution < -0.4 is 5.84 Å². The van der Waals surface area contributed by atoms with Crippen molar-refractivity contribution >= 4 is 23.0 Å². The monoisotopic (exact) mass is 518 g/mol. The summed E-state index contributed by atoms with van der Waals surface area (Å²) in [6.07, 6.45) is 10.4. The molecule has 198 valence electrons. The number of nitrogens with zero attached hydrogens (tertiary/aromatic N) is 6. The standard InChI is InChI=1S/C32H36N7/c1-37-15-12-26(13-16-37)38(2)27-18-25(19-27)31-30-21-34-14-17-39(30,33)32(36-31)24-9-8-23-10-11-28(35-29(23)20-24)22-6-4-3-5-7-22/h3-11,14,17,20-21,25-27H,12-13,15-16,18-19,33H2,1-2H3/q+1. The molecular weight excluding hydrogens is 482 g/mol. The predicted molar refractivity (Wildman–Crippen MR) is 158 cm³/mol. The first kappa shape index (κ1) is 24.5. The third-order valence-electron chi connectivity index (χ3n) is 9.18. The zero-order valence-electron chi connectivity index (χ0n) is 22.7. The van der Waals surface area contributed by atoms with E-state index >= 15 is 0 Å². The summed E-state index contributed by atoms with van der Waals surface area (Å²) in [6.45, 7) is 2.38. The molecule has 4 aliphatic rings. The fourth-order valence-corrected chi connectivity index (χ4v) is 6.58. The van der Waals surface area contributed by atoms with E-state index in [1.54, 1.807) is 6.20 Å². The maximum absolute atomic E-state index is 7.07. The van der Waals surface area contributed by atoms with Gasteiger partial charge in [0.05, 0.1) is 29.2 Å². The number of piperidine rings is 1. The SMILES string of the molecule is CN1CCC(N(C)C2CC(C3=C4C=NC=C[N+]4(N)C(c4ccc5ccc(-c6ccccc6)nc5c4)=N3)C2)CC1. The van der Waals surface area contributed by atoms with Crippen molar-refractivity contribution in [2.45, 2.75) is 37.8 Å². The van der Waals surface area contributed by atoms with Crippen molar-refractivity contribution in [1.29, 1.82) is 0 Å². The number of hydrogen-bond acceptors (Lipinski definition) is 6. The average molecular weight is 519 g/mol. The quantitative estimate of drug-likeness (QED) is 0.384. The van der Waals surface area contributed by atoms with Crippen molar-refractivity contribution in [3.63, 3.8) is 0 Å². The number of pyridine rings is 1. The van der Waals surface area contributed by atoms with Crippen LogP contribution in [0.4, 0.5) is 0 Å². The minimum Gasteiger partial charge on any atom is -0.306 e. The second kappa shape index (κ2) is 9.61. The Labute approximate surface area is 230 Å². The largest absolute Gasteiger partial charge is 0.306 e. The summed E-state index contributed by atoms with van der Waals surface area (Å²) < 4.78 is 0.0642. The molecule has 1 saturated carbocycles. The van der Waals surface area contributed by atoms with Gasteiger partial charge in [0, 0.05) is 29.0 Å². The van der Waals surface area contributed by atoms with Crippen LogP contribution in [0.3, 0.4) is 0 Å². The summed E-state index contributed by atoms with van der Waals surface area (Å²) in [5.74, 6) is 8.31. The average Bonchev–Trinajstić information content (AvgIpc) is 3.25. The molecule has 2 aromatic carbocycles. The smallest absolute Gasteiger partial charge is 0.264 e. The van der Waals surface area contributed by atoms with Gasteiger partial charge in [0.25, 0.3) is 5.84 Å². The molecule has 1 atom stereocenters. The molecule has 0 spiro atoms. The first-order chi connectivity index (χ1) is 19.0. The fraction of sp³-hybridized carbons (Fsp3) is 0.344. The molecule has 0 bridgehead atoms. The summed E-state index contributed by atoms with van der Waals surface area (Å²) in [5.41, 5.74) is 6.09. The van der Waals surface area contributed by atoms with E-state index in [4.69, 9.17) is 15.8 Å². The molecule has 3 aliphatic heterocycles. The second-order valence-corrected chi connectivity index (χ2v) is 11.6. The van der Waals surface area contributed by atoms with E-state index in [1.807, 2.05) is 30.6 Å². The van der Waals surface area contributed by atoms with Crippen LogP contribution in [0, 0.1) is 5.92 Å². The highest BCUT2D eigenvalue weighted by Gasteiger charge is 2.49. The number of rotatable bonds is 5. The van der Waals surface area contributed by atoms with Gasteiger partial charge in [-0.25, -0.2) is 4.98 Å². The van der Waals surface area contributed by atoms with Crippen molar-refractivity contribution in [3.05, 3.63) is 90.0 Å². The Morgan fingerprint density at radius 3 is 2.51 bits per heavy atom. The maximum atomic E-state index is 7.07. The van der Waals surface area contributed by atoms with Crippen molar-refractivity contribution in [2.75, 3.05) is 27.2 Å². The highest BCUT2D eigenvalue weighted by molar-refractivity contribution is 6.02. The maximum Gasteiger partial charge on any atom is 0.264 e. The Morgan fingerprint density at radius 1 is 0.949 bits per heavy atom. The first-order valence-electron chi connectivity index (χ1n) is 14.1. The number of allylic oxidation sites excluding steroid dienone is 2. The van der Waals surface area contributed by atoms with Crippen molar-refractivity contribution in [1.82, 2.24) is 14.8 Å². The lowest BCUT2D eigenvalue weighted by Crippen LogP contribution is -2.53. The van der Waals surface area contributed by atoms with Crippen LogP contribution in [0.2, 0.25) is 0 Å².